The summed E-state index contributed by atoms with van der Waals surface area (Å²) in [6.45, 7) is 0. The van der Waals surface area contributed by atoms with Crippen molar-refractivity contribution < 1.29 is 0 Å². The lowest BCUT2D eigenvalue weighted by Crippen LogP contribution is -2.07. The molecule has 0 saturated heterocycles. The van der Waals surface area contributed by atoms with Gasteiger partial charge in [-0.05, 0) is 42.5 Å². The minimum atomic E-state index is 0.552. The molecule has 8 aromatic carbocycles. The fourth-order valence-electron chi connectivity index (χ4n) is 8.69. The number of fused-ring (bicyclic) bond motifs is 8. The summed E-state index contributed by atoms with van der Waals surface area (Å²) in [6, 6.07) is 69.6. The summed E-state index contributed by atoms with van der Waals surface area (Å²) in [5, 5.41) is 4.47. The van der Waals surface area contributed by atoms with Crippen LogP contribution in [0.3, 0.4) is 0 Å². The van der Waals surface area contributed by atoms with Gasteiger partial charge in [0.1, 0.15) is 5.82 Å². The summed E-state index contributed by atoms with van der Waals surface area (Å²) in [4.78, 5) is 21.0. The van der Waals surface area contributed by atoms with Gasteiger partial charge in [0, 0.05) is 49.6 Å². The van der Waals surface area contributed by atoms with Crippen molar-refractivity contribution in [2.24, 2.45) is 0 Å². The predicted octanol–water partition coefficient (Wildman–Crippen LogP) is 12.4. The summed E-state index contributed by atoms with van der Waals surface area (Å²) in [5.74, 6) is 2.67. The van der Waals surface area contributed by atoms with Crippen molar-refractivity contribution in [1.29, 1.82) is 0 Å². The minimum absolute atomic E-state index is 0.552. The standard InChI is InChI=1S/C52H33N7/c1-6-18-34(19-7-1)49-54-50(35-20-8-2-9-21-35)56-52(55-49)59-44-29-17-16-28-39(44)40-30-31-41-42-32-46-43(33-45(42)57(47(41)48(40)59)37-24-12-4-13-25-37)53-51(36-22-10-3-11-23-36)58(46)38-26-14-5-15-27-38/h1-33H. The minimum Gasteiger partial charge on any atom is -0.307 e. The van der Waals surface area contributed by atoms with Crippen LogP contribution in [0, 0.1) is 0 Å². The molecule has 276 valence electrons. The maximum absolute atomic E-state index is 5.37. The number of hydrogen-bond donors (Lipinski definition) is 0. The Labute approximate surface area is 338 Å². The molecule has 0 atom stereocenters. The van der Waals surface area contributed by atoms with Crippen LogP contribution in [0.15, 0.2) is 200 Å². The van der Waals surface area contributed by atoms with E-state index in [2.05, 4.69) is 171 Å². The van der Waals surface area contributed by atoms with Crippen molar-refractivity contribution in [2.45, 2.75) is 0 Å². The molecule has 0 fully saturated rings. The summed E-state index contributed by atoms with van der Waals surface area (Å²) < 4.78 is 6.91. The molecular formula is C52H33N7. The quantitative estimate of drug-likeness (QED) is 0.169. The average molecular weight is 756 g/mol. The van der Waals surface area contributed by atoms with E-state index in [0.29, 0.717) is 17.6 Å². The highest BCUT2D eigenvalue weighted by Gasteiger charge is 2.25. The zero-order valence-corrected chi connectivity index (χ0v) is 31.7. The number of nitrogens with zero attached hydrogens (tertiary/aromatic N) is 7. The Kier molecular flexibility index (Phi) is 7.40. The maximum atomic E-state index is 5.37. The Hall–Kier alpha value is -8.16. The monoisotopic (exact) mass is 755 g/mol. The van der Waals surface area contributed by atoms with E-state index in [0.717, 1.165) is 88.5 Å². The Morgan fingerprint density at radius 3 is 1.41 bits per heavy atom. The average Bonchev–Trinajstić information content (AvgIpc) is 3.97. The van der Waals surface area contributed by atoms with Gasteiger partial charge in [-0.15, -0.1) is 0 Å². The van der Waals surface area contributed by atoms with Crippen LogP contribution in [-0.4, -0.2) is 33.6 Å². The van der Waals surface area contributed by atoms with E-state index < -0.39 is 0 Å². The van der Waals surface area contributed by atoms with Gasteiger partial charge in [0.05, 0.1) is 33.1 Å². The van der Waals surface area contributed by atoms with Crippen molar-refractivity contribution in [1.82, 2.24) is 33.6 Å². The van der Waals surface area contributed by atoms with Gasteiger partial charge >= 0.3 is 0 Å². The first kappa shape index (κ1) is 33.0. The SMILES string of the molecule is c1ccc(-c2nc(-c3ccccc3)nc(-n3c4ccccc4c4ccc5c6cc7c(cc6n(-c6ccccc6)c5c43)nc(-c3ccccc3)n7-c3ccccc3)n2)cc1. The van der Waals surface area contributed by atoms with Gasteiger partial charge in [-0.3, -0.25) is 9.13 Å². The van der Waals surface area contributed by atoms with Crippen LogP contribution in [-0.2, 0) is 0 Å². The summed E-state index contributed by atoms with van der Waals surface area (Å²) in [6.07, 6.45) is 0. The van der Waals surface area contributed by atoms with Gasteiger partial charge in [0.2, 0.25) is 5.95 Å². The molecule has 0 radical (unpaired) electrons. The zero-order valence-electron chi connectivity index (χ0n) is 31.7. The zero-order chi connectivity index (χ0) is 38.9. The van der Waals surface area contributed by atoms with Crippen molar-refractivity contribution >= 4 is 54.6 Å². The van der Waals surface area contributed by atoms with E-state index >= 15 is 0 Å². The first-order valence-electron chi connectivity index (χ1n) is 19.7. The second-order valence-electron chi connectivity index (χ2n) is 14.7. The molecule has 0 unspecified atom stereocenters. The normalized spacial score (nSPS) is 11.7. The first-order valence-corrected chi connectivity index (χ1v) is 19.7. The molecule has 0 aliphatic rings. The third-order valence-electron chi connectivity index (χ3n) is 11.3. The summed E-state index contributed by atoms with van der Waals surface area (Å²) >= 11 is 0. The molecule has 7 heteroatoms. The molecule has 0 N–H and O–H groups in total. The van der Waals surface area contributed by atoms with Crippen LogP contribution in [0.4, 0.5) is 0 Å². The Bertz CT molecular complexity index is 3460. The van der Waals surface area contributed by atoms with Gasteiger partial charge in [0.15, 0.2) is 11.6 Å². The second kappa shape index (κ2) is 13.2. The lowest BCUT2D eigenvalue weighted by molar-refractivity contribution is 0.953. The number of imidazole rings is 1. The highest BCUT2D eigenvalue weighted by atomic mass is 15.2. The van der Waals surface area contributed by atoms with E-state index in [1.807, 2.05) is 42.5 Å². The number of para-hydroxylation sites is 3. The molecule has 59 heavy (non-hydrogen) atoms. The topological polar surface area (TPSA) is 66.3 Å². The fourth-order valence-corrected chi connectivity index (χ4v) is 8.69. The number of rotatable bonds is 6. The van der Waals surface area contributed by atoms with Gasteiger partial charge in [-0.25, -0.2) is 9.97 Å². The smallest absolute Gasteiger partial charge is 0.238 e. The highest BCUT2D eigenvalue weighted by Crippen LogP contribution is 2.43. The van der Waals surface area contributed by atoms with E-state index in [-0.39, 0.29) is 0 Å². The van der Waals surface area contributed by atoms with Crippen LogP contribution in [0.25, 0.3) is 106 Å². The lowest BCUT2D eigenvalue weighted by atomic mass is 10.1. The van der Waals surface area contributed by atoms with Gasteiger partial charge < -0.3 is 4.57 Å². The Balaban J connectivity index is 1.24. The largest absolute Gasteiger partial charge is 0.307 e. The van der Waals surface area contributed by atoms with Crippen molar-refractivity contribution in [3.05, 3.63) is 200 Å². The van der Waals surface area contributed by atoms with Gasteiger partial charge in [-0.2, -0.15) is 9.97 Å². The molecule has 4 heterocycles. The van der Waals surface area contributed by atoms with Gasteiger partial charge in [-0.1, -0.05) is 158 Å². The van der Waals surface area contributed by atoms with Crippen LogP contribution in [0.2, 0.25) is 0 Å². The molecular weight excluding hydrogens is 723 g/mol. The van der Waals surface area contributed by atoms with Crippen LogP contribution in [0.5, 0.6) is 0 Å². The van der Waals surface area contributed by atoms with Crippen LogP contribution < -0.4 is 0 Å². The molecule has 12 rings (SSSR count). The van der Waals surface area contributed by atoms with E-state index in [1.165, 1.54) is 0 Å². The number of hydrogen-bond acceptors (Lipinski definition) is 4. The molecule has 12 aromatic rings. The maximum Gasteiger partial charge on any atom is 0.238 e. The second-order valence-corrected chi connectivity index (χ2v) is 14.7. The summed E-state index contributed by atoms with van der Waals surface area (Å²) in [7, 11) is 0. The first-order chi connectivity index (χ1) is 29.3. The van der Waals surface area contributed by atoms with Crippen molar-refractivity contribution in [3.8, 4) is 51.5 Å². The third kappa shape index (κ3) is 5.22. The molecule has 0 amide bonds. The van der Waals surface area contributed by atoms with Crippen LogP contribution >= 0.6 is 0 Å². The Morgan fingerprint density at radius 2 is 0.797 bits per heavy atom. The fraction of sp³-hybridized carbons (Fsp3) is 0. The molecule has 0 aliphatic heterocycles. The van der Waals surface area contributed by atoms with Crippen molar-refractivity contribution in [2.75, 3.05) is 0 Å². The Morgan fingerprint density at radius 1 is 0.305 bits per heavy atom. The van der Waals surface area contributed by atoms with E-state index in [1.54, 1.807) is 0 Å². The van der Waals surface area contributed by atoms with E-state index in [9.17, 15) is 0 Å². The number of benzene rings is 8. The lowest BCUT2D eigenvalue weighted by Gasteiger charge is -2.13. The van der Waals surface area contributed by atoms with Gasteiger partial charge in [0.25, 0.3) is 0 Å². The number of aromatic nitrogens is 7. The molecule has 0 saturated carbocycles. The predicted molar refractivity (Wildman–Crippen MR) is 239 cm³/mol. The molecule has 0 spiro atoms. The van der Waals surface area contributed by atoms with E-state index in [4.69, 9.17) is 19.9 Å². The molecule has 0 aliphatic carbocycles. The molecule has 4 aromatic heterocycles. The molecule has 7 nitrogen and oxygen atoms in total. The molecule has 0 bridgehead atoms. The summed E-state index contributed by atoms with van der Waals surface area (Å²) in [5.41, 5.74) is 11.1. The highest BCUT2D eigenvalue weighted by molar-refractivity contribution is 6.24. The third-order valence-corrected chi connectivity index (χ3v) is 11.3. The van der Waals surface area contributed by atoms with Crippen LogP contribution in [0.1, 0.15) is 0 Å². The van der Waals surface area contributed by atoms with Crippen molar-refractivity contribution in [3.63, 3.8) is 0 Å².